The van der Waals surface area contributed by atoms with E-state index in [1.54, 1.807) is 4.88 Å². The summed E-state index contributed by atoms with van der Waals surface area (Å²) in [6.07, 6.45) is 1.18. The fraction of sp³-hybridized carbons (Fsp3) is 0.412. The number of hydrogen-bond acceptors (Lipinski definition) is 3. The lowest BCUT2D eigenvalue weighted by atomic mass is 9.81. The summed E-state index contributed by atoms with van der Waals surface area (Å²) in [7, 11) is 0. The van der Waals surface area contributed by atoms with Gasteiger partial charge in [-0.1, -0.05) is 37.3 Å². The van der Waals surface area contributed by atoms with Crippen molar-refractivity contribution in [2.24, 2.45) is 5.73 Å². The van der Waals surface area contributed by atoms with Crippen molar-refractivity contribution in [1.29, 1.82) is 0 Å². The Balaban J connectivity index is 1.76. The highest BCUT2D eigenvalue weighted by Gasteiger charge is 2.29. The number of nitrogens with two attached hydrogens (primary N) is 1. The molecular formula is C17H22N2S. The van der Waals surface area contributed by atoms with Crippen molar-refractivity contribution in [2.75, 3.05) is 19.6 Å². The minimum absolute atomic E-state index is 0.0365. The van der Waals surface area contributed by atoms with E-state index < -0.39 is 0 Å². The van der Waals surface area contributed by atoms with Crippen molar-refractivity contribution >= 4 is 11.3 Å². The Morgan fingerprint density at radius 1 is 1.25 bits per heavy atom. The van der Waals surface area contributed by atoms with Gasteiger partial charge in [0.1, 0.15) is 0 Å². The lowest BCUT2D eigenvalue weighted by Crippen LogP contribution is -2.45. The molecule has 0 saturated carbocycles. The number of fused-ring (bicyclic) bond motifs is 1. The third-order valence-corrected chi connectivity index (χ3v) is 5.40. The smallest absolute Gasteiger partial charge is 0.0245 e. The van der Waals surface area contributed by atoms with Crippen molar-refractivity contribution in [2.45, 2.75) is 25.3 Å². The molecule has 1 atom stereocenters. The van der Waals surface area contributed by atoms with Crippen LogP contribution in [0.2, 0.25) is 0 Å². The quantitative estimate of drug-likeness (QED) is 0.936. The Kier molecular flexibility index (Phi) is 3.92. The zero-order valence-electron chi connectivity index (χ0n) is 12.0. The Bertz CT molecular complexity index is 563. The zero-order valence-corrected chi connectivity index (χ0v) is 12.8. The molecule has 1 unspecified atom stereocenters. The van der Waals surface area contributed by atoms with Gasteiger partial charge in [-0.15, -0.1) is 11.3 Å². The molecule has 1 aromatic heterocycles. The van der Waals surface area contributed by atoms with E-state index in [2.05, 4.69) is 53.6 Å². The van der Waals surface area contributed by atoms with Gasteiger partial charge in [0.15, 0.2) is 0 Å². The van der Waals surface area contributed by atoms with Crippen LogP contribution in [0.25, 0.3) is 0 Å². The van der Waals surface area contributed by atoms with E-state index in [-0.39, 0.29) is 5.41 Å². The molecule has 0 saturated heterocycles. The first-order valence-electron chi connectivity index (χ1n) is 7.24. The van der Waals surface area contributed by atoms with Crippen molar-refractivity contribution in [3.63, 3.8) is 0 Å². The monoisotopic (exact) mass is 286 g/mol. The highest BCUT2D eigenvalue weighted by atomic mass is 32.1. The van der Waals surface area contributed by atoms with Crippen LogP contribution in [0.3, 0.4) is 0 Å². The van der Waals surface area contributed by atoms with Gasteiger partial charge in [-0.2, -0.15) is 0 Å². The fourth-order valence-electron chi connectivity index (χ4n) is 3.05. The molecular weight excluding hydrogens is 264 g/mol. The predicted octanol–water partition coefficient (Wildman–Crippen LogP) is 3.02. The minimum Gasteiger partial charge on any atom is -0.330 e. The van der Waals surface area contributed by atoms with Gasteiger partial charge in [0.05, 0.1) is 0 Å². The van der Waals surface area contributed by atoms with Crippen LogP contribution in [0.15, 0.2) is 41.8 Å². The summed E-state index contributed by atoms with van der Waals surface area (Å²) in [5.41, 5.74) is 9.00. The van der Waals surface area contributed by atoms with Crippen LogP contribution in [0.1, 0.15) is 22.9 Å². The lowest BCUT2D eigenvalue weighted by molar-refractivity contribution is 0.203. The molecule has 2 N–H and O–H groups in total. The van der Waals surface area contributed by atoms with E-state index in [4.69, 9.17) is 5.73 Å². The number of thiophene rings is 1. The molecule has 0 spiro atoms. The third-order valence-electron chi connectivity index (χ3n) is 4.38. The average Bonchev–Trinajstić information content (AvgIpc) is 2.95. The second kappa shape index (κ2) is 5.68. The minimum atomic E-state index is 0.0365. The normalized spacial score (nSPS) is 18.5. The predicted molar refractivity (Wildman–Crippen MR) is 86.1 cm³/mol. The molecule has 3 rings (SSSR count). The van der Waals surface area contributed by atoms with Gasteiger partial charge in [0.2, 0.25) is 0 Å². The number of hydrogen-bond donors (Lipinski definition) is 1. The number of rotatable bonds is 4. The van der Waals surface area contributed by atoms with E-state index >= 15 is 0 Å². The highest BCUT2D eigenvalue weighted by molar-refractivity contribution is 7.10. The Hall–Kier alpha value is -1.16. The molecule has 1 aromatic carbocycles. The summed E-state index contributed by atoms with van der Waals surface area (Å²) in [6.45, 7) is 6.22. The van der Waals surface area contributed by atoms with Crippen molar-refractivity contribution in [1.82, 2.24) is 4.90 Å². The molecule has 3 heteroatoms. The Labute approximate surface area is 125 Å². The Morgan fingerprint density at radius 2 is 2.05 bits per heavy atom. The standard InChI is InChI=1S/C17H22N2S/c1-17(12-18,15-5-3-2-4-6-15)13-19-9-7-16-14(11-19)8-10-20-16/h2-6,8,10H,7,9,11-13,18H2,1H3. The molecule has 0 amide bonds. The van der Waals surface area contributed by atoms with Crippen LogP contribution in [0.5, 0.6) is 0 Å². The summed E-state index contributed by atoms with van der Waals surface area (Å²) in [5.74, 6) is 0. The van der Waals surface area contributed by atoms with Crippen LogP contribution >= 0.6 is 11.3 Å². The largest absolute Gasteiger partial charge is 0.330 e. The van der Waals surface area contributed by atoms with Crippen LogP contribution in [-0.4, -0.2) is 24.5 Å². The molecule has 0 fully saturated rings. The second-order valence-electron chi connectivity index (χ2n) is 5.96. The van der Waals surface area contributed by atoms with Gasteiger partial charge >= 0.3 is 0 Å². The molecule has 0 radical (unpaired) electrons. The molecule has 0 bridgehead atoms. The highest BCUT2D eigenvalue weighted by Crippen LogP contribution is 2.28. The molecule has 1 aliphatic heterocycles. The number of benzene rings is 1. The summed E-state index contributed by atoms with van der Waals surface area (Å²) in [4.78, 5) is 4.12. The molecule has 2 aromatic rings. The maximum atomic E-state index is 6.11. The summed E-state index contributed by atoms with van der Waals surface area (Å²) >= 11 is 1.90. The van der Waals surface area contributed by atoms with Gasteiger partial charge in [-0.05, 0) is 29.0 Å². The lowest BCUT2D eigenvalue weighted by Gasteiger charge is -2.37. The topological polar surface area (TPSA) is 29.3 Å². The van der Waals surface area contributed by atoms with E-state index in [9.17, 15) is 0 Å². The molecule has 2 nitrogen and oxygen atoms in total. The van der Waals surface area contributed by atoms with E-state index in [0.717, 1.165) is 19.6 Å². The van der Waals surface area contributed by atoms with Gasteiger partial charge in [-0.3, -0.25) is 4.90 Å². The maximum Gasteiger partial charge on any atom is 0.0245 e. The van der Waals surface area contributed by atoms with Crippen LogP contribution < -0.4 is 5.73 Å². The van der Waals surface area contributed by atoms with Crippen LogP contribution in [0.4, 0.5) is 0 Å². The van der Waals surface area contributed by atoms with Crippen molar-refractivity contribution in [3.05, 3.63) is 57.8 Å². The van der Waals surface area contributed by atoms with Crippen LogP contribution in [0, 0.1) is 0 Å². The summed E-state index contributed by atoms with van der Waals surface area (Å²) in [5, 5.41) is 2.22. The average molecular weight is 286 g/mol. The van der Waals surface area contributed by atoms with E-state index in [0.29, 0.717) is 6.54 Å². The summed E-state index contributed by atoms with van der Waals surface area (Å²) in [6, 6.07) is 13.0. The SMILES string of the molecule is CC(CN)(CN1CCc2sccc2C1)c1ccccc1. The Morgan fingerprint density at radius 3 is 2.80 bits per heavy atom. The van der Waals surface area contributed by atoms with E-state index in [1.807, 2.05) is 11.3 Å². The molecule has 0 aliphatic carbocycles. The molecule has 106 valence electrons. The molecule has 20 heavy (non-hydrogen) atoms. The van der Waals surface area contributed by atoms with E-state index in [1.165, 1.54) is 17.5 Å². The molecule has 1 aliphatic rings. The first-order valence-corrected chi connectivity index (χ1v) is 8.12. The fourth-order valence-corrected chi connectivity index (χ4v) is 3.94. The molecule has 2 heterocycles. The van der Waals surface area contributed by atoms with Gasteiger partial charge in [-0.25, -0.2) is 0 Å². The summed E-state index contributed by atoms with van der Waals surface area (Å²) < 4.78 is 0. The second-order valence-corrected chi connectivity index (χ2v) is 6.96. The van der Waals surface area contributed by atoms with Crippen molar-refractivity contribution in [3.8, 4) is 0 Å². The first kappa shape index (κ1) is 13.8. The maximum absolute atomic E-state index is 6.11. The van der Waals surface area contributed by atoms with Gasteiger partial charge in [0.25, 0.3) is 0 Å². The third kappa shape index (κ3) is 2.66. The van der Waals surface area contributed by atoms with Gasteiger partial charge < -0.3 is 5.73 Å². The van der Waals surface area contributed by atoms with Crippen LogP contribution in [-0.2, 0) is 18.4 Å². The zero-order chi connectivity index (χ0) is 14.0. The van der Waals surface area contributed by atoms with Gasteiger partial charge in [0, 0.05) is 36.5 Å². The first-order chi connectivity index (χ1) is 9.71. The van der Waals surface area contributed by atoms with Crippen molar-refractivity contribution < 1.29 is 0 Å². The number of nitrogens with zero attached hydrogens (tertiary/aromatic N) is 1.